The molecule has 0 fully saturated rings. The predicted molar refractivity (Wildman–Crippen MR) is 128 cm³/mol. The van der Waals surface area contributed by atoms with Gasteiger partial charge in [0.1, 0.15) is 23.3 Å². The summed E-state index contributed by atoms with van der Waals surface area (Å²) in [6, 6.07) is 22.3. The van der Waals surface area contributed by atoms with Crippen LogP contribution < -0.4 is 20.2 Å². The molecule has 0 unspecified atom stereocenters. The van der Waals surface area contributed by atoms with Crippen LogP contribution in [0.15, 0.2) is 88.3 Å². The normalized spacial score (nSPS) is 11.2. The van der Waals surface area contributed by atoms with Gasteiger partial charge >= 0.3 is 0 Å². The Morgan fingerprint density at radius 2 is 1.58 bits per heavy atom. The molecule has 4 rings (SSSR count). The fourth-order valence-electron chi connectivity index (χ4n) is 3.33. The highest BCUT2D eigenvalue weighted by atomic mass is 16.5. The molecule has 0 aliphatic rings. The first kappa shape index (κ1) is 22.1. The lowest BCUT2D eigenvalue weighted by atomic mass is 10.1. The number of hydrogen-bond acceptors (Lipinski definition) is 5. The summed E-state index contributed by atoms with van der Waals surface area (Å²) in [4.78, 5) is 24.8. The molecule has 0 radical (unpaired) electrons. The van der Waals surface area contributed by atoms with Crippen LogP contribution in [0, 0.1) is 0 Å². The van der Waals surface area contributed by atoms with Crippen molar-refractivity contribution in [1.29, 1.82) is 0 Å². The second-order valence-corrected chi connectivity index (χ2v) is 8.67. The van der Waals surface area contributed by atoms with E-state index in [0.717, 1.165) is 11.1 Å². The minimum atomic E-state index is -0.338. The van der Waals surface area contributed by atoms with Crippen molar-refractivity contribution in [3.05, 3.63) is 89.3 Å². The number of nitrogens with one attached hydrogen (secondary N) is 1. The number of benzene rings is 3. The van der Waals surface area contributed by atoms with Gasteiger partial charge in [0, 0.05) is 11.6 Å². The summed E-state index contributed by atoms with van der Waals surface area (Å²) >= 11 is 0. The van der Waals surface area contributed by atoms with Gasteiger partial charge < -0.3 is 19.2 Å². The monoisotopic (exact) mass is 443 g/mol. The van der Waals surface area contributed by atoms with Gasteiger partial charge in [-0.15, -0.1) is 0 Å². The highest BCUT2D eigenvalue weighted by Crippen LogP contribution is 2.26. The van der Waals surface area contributed by atoms with Gasteiger partial charge in [-0.1, -0.05) is 42.5 Å². The van der Waals surface area contributed by atoms with Crippen molar-refractivity contribution in [3.63, 3.8) is 0 Å². The van der Waals surface area contributed by atoms with Crippen molar-refractivity contribution in [3.8, 4) is 28.4 Å². The van der Waals surface area contributed by atoms with Crippen LogP contribution >= 0.6 is 0 Å². The van der Waals surface area contributed by atoms with E-state index in [1.807, 2.05) is 75.4 Å². The zero-order valence-electron chi connectivity index (χ0n) is 18.8. The van der Waals surface area contributed by atoms with Crippen molar-refractivity contribution in [2.75, 3.05) is 6.61 Å². The molecule has 1 heterocycles. The van der Waals surface area contributed by atoms with Crippen LogP contribution in [0.3, 0.4) is 0 Å². The number of fused-ring (bicyclic) bond motifs is 1. The van der Waals surface area contributed by atoms with E-state index in [9.17, 15) is 9.59 Å². The molecule has 6 nitrogen and oxygen atoms in total. The summed E-state index contributed by atoms with van der Waals surface area (Å²) in [5, 5.41) is 3.19. The standard InChI is InChI=1S/C27H25NO5/c1-27(2,3)28-25(29)17-31-21-13-14-22-23(15-21)32-16-24(26(22)30)33-20-11-9-19(10-12-20)18-7-5-4-6-8-18/h4-16H,17H2,1-3H3,(H,28,29). The minimum absolute atomic E-state index is 0.0909. The van der Waals surface area contributed by atoms with Crippen LogP contribution in [-0.2, 0) is 4.79 Å². The van der Waals surface area contributed by atoms with E-state index < -0.39 is 0 Å². The van der Waals surface area contributed by atoms with Crippen molar-refractivity contribution in [2.24, 2.45) is 0 Å². The number of carbonyl (C=O) groups excluding carboxylic acids is 1. The molecule has 0 saturated heterocycles. The van der Waals surface area contributed by atoms with Gasteiger partial charge in [0.25, 0.3) is 5.91 Å². The van der Waals surface area contributed by atoms with Crippen molar-refractivity contribution in [1.82, 2.24) is 5.32 Å². The molecule has 1 N–H and O–H groups in total. The summed E-state index contributed by atoms with van der Waals surface area (Å²) in [5.74, 6) is 0.824. The highest BCUT2D eigenvalue weighted by molar-refractivity contribution is 5.80. The van der Waals surface area contributed by atoms with E-state index in [4.69, 9.17) is 13.9 Å². The summed E-state index contributed by atoms with van der Waals surface area (Å²) in [5.41, 5.74) is 1.87. The molecular weight excluding hydrogens is 418 g/mol. The van der Waals surface area contributed by atoms with E-state index in [1.54, 1.807) is 18.2 Å². The van der Waals surface area contributed by atoms with Gasteiger partial charge in [-0.25, -0.2) is 0 Å². The first-order valence-corrected chi connectivity index (χ1v) is 10.6. The van der Waals surface area contributed by atoms with Crippen molar-refractivity contribution in [2.45, 2.75) is 26.3 Å². The third-order valence-corrected chi connectivity index (χ3v) is 4.79. The van der Waals surface area contributed by atoms with Gasteiger partial charge in [0.05, 0.1) is 5.39 Å². The second kappa shape index (κ2) is 9.20. The average molecular weight is 443 g/mol. The van der Waals surface area contributed by atoms with E-state index >= 15 is 0 Å². The number of hydrogen-bond donors (Lipinski definition) is 1. The lowest BCUT2D eigenvalue weighted by Gasteiger charge is -2.20. The SMILES string of the molecule is CC(C)(C)NC(=O)COc1ccc2c(=O)c(Oc3ccc(-c4ccccc4)cc3)coc2c1. The maximum absolute atomic E-state index is 12.9. The second-order valence-electron chi connectivity index (χ2n) is 8.67. The fraction of sp³-hybridized carbons (Fsp3) is 0.185. The highest BCUT2D eigenvalue weighted by Gasteiger charge is 2.15. The van der Waals surface area contributed by atoms with Crippen LogP contribution in [-0.4, -0.2) is 18.1 Å². The summed E-state index contributed by atoms with van der Waals surface area (Å²) < 4.78 is 16.9. The molecule has 4 aromatic rings. The molecule has 168 valence electrons. The molecule has 6 heteroatoms. The van der Waals surface area contributed by atoms with E-state index in [1.165, 1.54) is 6.26 Å². The lowest BCUT2D eigenvalue weighted by molar-refractivity contribution is -0.124. The summed E-state index contributed by atoms with van der Waals surface area (Å²) in [6.07, 6.45) is 1.28. The molecule has 0 spiro atoms. The zero-order chi connectivity index (χ0) is 23.4. The van der Waals surface area contributed by atoms with Crippen LogP contribution in [0.2, 0.25) is 0 Å². The summed E-state index contributed by atoms with van der Waals surface area (Å²) in [6.45, 7) is 5.56. The van der Waals surface area contributed by atoms with Gasteiger partial charge in [-0.2, -0.15) is 0 Å². The Kier molecular flexibility index (Phi) is 6.18. The molecule has 0 aliphatic carbocycles. The minimum Gasteiger partial charge on any atom is -0.484 e. The van der Waals surface area contributed by atoms with Gasteiger partial charge in [0.15, 0.2) is 6.61 Å². The maximum atomic E-state index is 12.9. The van der Waals surface area contributed by atoms with E-state index in [-0.39, 0.29) is 29.2 Å². The zero-order valence-corrected chi connectivity index (χ0v) is 18.8. The van der Waals surface area contributed by atoms with E-state index in [0.29, 0.717) is 22.5 Å². The van der Waals surface area contributed by atoms with Crippen molar-refractivity contribution < 1.29 is 18.7 Å². The molecule has 0 atom stereocenters. The smallest absolute Gasteiger partial charge is 0.258 e. The van der Waals surface area contributed by atoms with Crippen LogP contribution in [0.25, 0.3) is 22.1 Å². The molecule has 0 bridgehead atoms. The Morgan fingerprint density at radius 1 is 0.909 bits per heavy atom. The van der Waals surface area contributed by atoms with Gasteiger partial charge in [-0.05, 0) is 56.2 Å². The molecular formula is C27H25NO5. The molecule has 33 heavy (non-hydrogen) atoms. The van der Waals surface area contributed by atoms with Crippen LogP contribution in [0.4, 0.5) is 0 Å². The quantitative estimate of drug-likeness (QED) is 0.423. The maximum Gasteiger partial charge on any atom is 0.258 e. The number of rotatable bonds is 6. The Bertz CT molecular complexity index is 1320. The predicted octanol–water partition coefficient (Wildman–Crippen LogP) is 5.55. The molecule has 0 aliphatic heterocycles. The first-order chi connectivity index (χ1) is 15.8. The molecule has 1 amide bonds. The van der Waals surface area contributed by atoms with Gasteiger partial charge in [0.2, 0.25) is 11.2 Å². The Hall–Kier alpha value is -4.06. The third-order valence-electron chi connectivity index (χ3n) is 4.79. The number of carbonyl (C=O) groups is 1. The largest absolute Gasteiger partial charge is 0.484 e. The Morgan fingerprint density at radius 3 is 2.27 bits per heavy atom. The van der Waals surface area contributed by atoms with Gasteiger partial charge in [-0.3, -0.25) is 9.59 Å². The topological polar surface area (TPSA) is 77.8 Å². The van der Waals surface area contributed by atoms with E-state index in [2.05, 4.69) is 5.32 Å². The molecule has 0 saturated carbocycles. The molecule has 3 aromatic carbocycles. The van der Waals surface area contributed by atoms with Crippen LogP contribution in [0.1, 0.15) is 20.8 Å². The van der Waals surface area contributed by atoms with Crippen LogP contribution in [0.5, 0.6) is 17.2 Å². The number of ether oxygens (including phenoxy) is 2. The molecule has 1 aromatic heterocycles. The Balaban J connectivity index is 1.47. The fourth-order valence-corrected chi connectivity index (χ4v) is 3.33. The Labute approximate surface area is 191 Å². The average Bonchev–Trinajstić information content (AvgIpc) is 2.79. The summed E-state index contributed by atoms with van der Waals surface area (Å²) in [7, 11) is 0. The van der Waals surface area contributed by atoms with Crippen molar-refractivity contribution >= 4 is 16.9 Å². The first-order valence-electron chi connectivity index (χ1n) is 10.6. The third kappa shape index (κ3) is 5.60. The lowest BCUT2D eigenvalue weighted by Crippen LogP contribution is -2.43. The number of amides is 1.